The van der Waals surface area contributed by atoms with Crippen LogP contribution in [0.1, 0.15) is 19.8 Å². The van der Waals surface area contributed by atoms with Gasteiger partial charge in [0.15, 0.2) is 0 Å². The van der Waals surface area contributed by atoms with Gasteiger partial charge in [0.25, 0.3) is 11.8 Å². The molecule has 0 aromatic rings. The van der Waals surface area contributed by atoms with Crippen LogP contribution in [-0.4, -0.2) is 28.6 Å². The minimum absolute atomic E-state index is 0.00204. The van der Waals surface area contributed by atoms with Crippen molar-refractivity contribution in [3.05, 3.63) is 0 Å². The average Bonchev–Trinajstić information content (AvgIpc) is 2.01. The molecule has 1 saturated heterocycles. The van der Waals surface area contributed by atoms with Crippen LogP contribution in [0.5, 0.6) is 0 Å². The van der Waals surface area contributed by atoms with Gasteiger partial charge in [0.2, 0.25) is 5.60 Å². The standard InChI is InChI=1S/C7H10N2O4/c1-2-3-7(13)4(10)8-6(12)9-5(7)11/h13H,2-3H2,1H3,(H2,8,9,10,11,12). The zero-order valence-corrected chi connectivity index (χ0v) is 7.09. The number of barbiturate groups is 1. The number of nitrogens with one attached hydrogen (secondary N) is 2. The van der Waals surface area contributed by atoms with E-state index in [4.69, 9.17) is 0 Å². The summed E-state index contributed by atoms with van der Waals surface area (Å²) in [6.45, 7) is 1.72. The molecule has 0 aromatic heterocycles. The number of rotatable bonds is 2. The number of amides is 4. The number of hydrogen-bond donors (Lipinski definition) is 3. The average molecular weight is 186 g/mol. The Bertz CT molecular complexity index is 254. The Labute approximate surface area is 74.3 Å². The molecule has 0 unspecified atom stereocenters. The first kappa shape index (κ1) is 9.66. The summed E-state index contributed by atoms with van der Waals surface area (Å²) in [4.78, 5) is 32.8. The lowest BCUT2D eigenvalue weighted by Crippen LogP contribution is -2.66. The smallest absolute Gasteiger partial charge is 0.328 e. The van der Waals surface area contributed by atoms with Crippen molar-refractivity contribution >= 4 is 17.8 Å². The lowest BCUT2D eigenvalue weighted by Gasteiger charge is -2.28. The van der Waals surface area contributed by atoms with Crippen molar-refractivity contribution < 1.29 is 19.5 Å². The molecule has 3 N–H and O–H groups in total. The molecule has 0 saturated carbocycles. The summed E-state index contributed by atoms with van der Waals surface area (Å²) >= 11 is 0. The first-order chi connectivity index (χ1) is 6.00. The SMILES string of the molecule is CCCC1(O)C(=O)NC(=O)NC1=O. The maximum absolute atomic E-state index is 11.1. The monoisotopic (exact) mass is 186 g/mol. The Kier molecular flexibility index (Phi) is 2.33. The maximum Gasteiger partial charge on any atom is 0.328 e. The van der Waals surface area contributed by atoms with Gasteiger partial charge in [0.05, 0.1) is 0 Å². The molecule has 4 amide bonds. The first-order valence-corrected chi connectivity index (χ1v) is 3.90. The third-order valence-electron chi connectivity index (χ3n) is 1.82. The quantitative estimate of drug-likeness (QED) is 0.476. The fourth-order valence-corrected chi connectivity index (χ4v) is 1.14. The number of imide groups is 2. The van der Waals surface area contributed by atoms with Gasteiger partial charge in [-0.3, -0.25) is 20.2 Å². The van der Waals surface area contributed by atoms with E-state index in [1.165, 1.54) is 0 Å². The predicted molar refractivity (Wildman–Crippen MR) is 41.5 cm³/mol. The van der Waals surface area contributed by atoms with Gasteiger partial charge in [-0.2, -0.15) is 0 Å². The van der Waals surface area contributed by atoms with Crippen LogP contribution in [0.3, 0.4) is 0 Å². The summed E-state index contributed by atoms with van der Waals surface area (Å²) < 4.78 is 0. The summed E-state index contributed by atoms with van der Waals surface area (Å²) in [5, 5.41) is 13.2. The molecule has 6 heteroatoms. The summed E-state index contributed by atoms with van der Waals surface area (Å²) in [5.74, 6) is -1.91. The van der Waals surface area contributed by atoms with Crippen LogP contribution >= 0.6 is 0 Å². The molecule has 0 radical (unpaired) electrons. The Morgan fingerprint density at radius 3 is 2.08 bits per heavy atom. The summed E-state index contributed by atoms with van der Waals surface area (Å²) in [6, 6.07) is -0.893. The third-order valence-corrected chi connectivity index (χ3v) is 1.82. The predicted octanol–water partition coefficient (Wildman–Crippen LogP) is -1.12. The molecule has 72 valence electrons. The number of carbonyl (C=O) groups excluding carboxylic acids is 3. The van der Waals surface area contributed by atoms with E-state index in [1.54, 1.807) is 6.92 Å². The first-order valence-electron chi connectivity index (χ1n) is 3.90. The molecule has 1 rings (SSSR count). The zero-order valence-electron chi connectivity index (χ0n) is 7.09. The van der Waals surface area contributed by atoms with Gasteiger partial charge in [0.1, 0.15) is 0 Å². The van der Waals surface area contributed by atoms with Crippen molar-refractivity contribution in [3.63, 3.8) is 0 Å². The lowest BCUT2D eigenvalue weighted by molar-refractivity contribution is -0.155. The van der Waals surface area contributed by atoms with Crippen molar-refractivity contribution in [2.45, 2.75) is 25.4 Å². The lowest BCUT2D eigenvalue weighted by atomic mass is 9.94. The maximum atomic E-state index is 11.1. The minimum atomic E-state index is -2.09. The van der Waals surface area contributed by atoms with Crippen molar-refractivity contribution in [1.82, 2.24) is 10.6 Å². The largest absolute Gasteiger partial charge is 0.372 e. The van der Waals surface area contributed by atoms with Crippen molar-refractivity contribution in [3.8, 4) is 0 Å². The van der Waals surface area contributed by atoms with Gasteiger partial charge < -0.3 is 5.11 Å². The Balaban J connectivity index is 2.89. The molecule has 0 bridgehead atoms. The van der Waals surface area contributed by atoms with Gasteiger partial charge in [-0.1, -0.05) is 13.3 Å². The molecule has 1 aliphatic heterocycles. The normalized spacial score (nSPS) is 20.9. The van der Waals surface area contributed by atoms with Crippen LogP contribution < -0.4 is 10.6 Å². The van der Waals surface area contributed by atoms with Gasteiger partial charge >= 0.3 is 6.03 Å². The fraction of sp³-hybridized carbons (Fsp3) is 0.571. The van der Waals surface area contributed by atoms with Gasteiger partial charge in [-0.05, 0) is 6.42 Å². The molecule has 13 heavy (non-hydrogen) atoms. The highest BCUT2D eigenvalue weighted by molar-refractivity contribution is 6.21. The summed E-state index contributed by atoms with van der Waals surface area (Å²) in [7, 11) is 0. The molecule has 1 heterocycles. The molecular formula is C7H10N2O4. The van der Waals surface area contributed by atoms with E-state index in [0.29, 0.717) is 6.42 Å². The van der Waals surface area contributed by atoms with E-state index in [1.807, 2.05) is 10.6 Å². The Morgan fingerprint density at radius 2 is 1.69 bits per heavy atom. The number of aliphatic hydroxyl groups is 1. The summed E-state index contributed by atoms with van der Waals surface area (Å²) in [6.07, 6.45) is 0.462. The molecule has 1 fully saturated rings. The molecule has 0 atom stereocenters. The van der Waals surface area contributed by atoms with E-state index in [-0.39, 0.29) is 6.42 Å². The highest BCUT2D eigenvalue weighted by Crippen LogP contribution is 2.15. The minimum Gasteiger partial charge on any atom is -0.372 e. The molecular weight excluding hydrogens is 176 g/mol. The Morgan fingerprint density at radius 1 is 1.23 bits per heavy atom. The second-order valence-corrected chi connectivity index (χ2v) is 2.85. The van der Waals surface area contributed by atoms with Crippen LogP contribution in [0.25, 0.3) is 0 Å². The number of urea groups is 1. The van der Waals surface area contributed by atoms with Crippen molar-refractivity contribution in [2.75, 3.05) is 0 Å². The summed E-state index contributed by atoms with van der Waals surface area (Å²) in [5.41, 5.74) is -2.09. The van der Waals surface area contributed by atoms with Gasteiger partial charge in [-0.25, -0.2) is 4.79 Å². The van der Waals surface area contributed by atoms with Crippen molar-refractivity contribution in [2.24, 2.45) is 0 Å². The second-order valence-electron chi connectivity index (χ2n) is 2.85. The second kappa shape index (κ2) is 3.14. The van der Waals surface area contributed by atoms with E-state index >= 15 is 0 Å². The topological polar surface area (TPSA) is 95.5 Å². The van der Waals surface area contributed by atoms with Gasteiger partial charge in [-0.15, -0.1) is 0 Å². The highest BCUT2D eigenvalue weighted by Gasteiger charge is 2.47. The molecule has 0 spiro atoms. The number of carbonyl (C=O) groups is 3. The van der Waals surface area contributed by atoms with Gasteiger partial charge in [0, 0.05) is 0 Å². The van der Waals surface area contributed by atoms with Crippen LogP contribution in [0, 0.1) is 0 Å². The number of hydrogen-bond acceptors (Lipinski definition) is 4. The van der Waals surface area contributed by atoms with E-state index < -0.39 is 23.4 Å². The molecule has 1 aliphatic rings. The molecule has 0 aliphatic carbocycles. The van der Waals surface area contributed by atoms with Crippen LogP contribution in [0.15, 0.2) is 0 Å². The van der Waals surface area contributed by atoms with Crippen molar-refractivity contribution in [1.29, 1.82) is 0 Å². The van der Waals surface area contributed by atoms with E-state index in [2.05, 4.69) is 0 Å². The third kappa shape index (κ3) is 1.52. The molecule has 6 nitrogen and oxygen atoms in total. The van der Waals surface area contributed by atoms with Crippen LogP contribution in [-0.2, 0) is 9.59 Å². The Hall–Kier alpha value is -1.43. The van der Waals surface area contributed by atoms with Crippen LogP contribution in [0.4, 0.5) is 4.79 Å². The fourth-order valence-electron chi connectivity index (χ4n) is 1.14. The molecule has 0 aromatic carbocycles. The zero-order chi connectivity index (χ0) is 10.1. The van der Waals surface area contributed by atoms with E-state index in [0.717, 1.165) is 0 Å². The van der Waals surface area contributed by atoms with E-state index in [9.17, 15) is 19.5 Å². The van der Waals surface area contributed by atoms with Crippen LogP contribution in [0.2, 0.25) is 0 Å². The highest BCUT2D eigenvalue weighted by atomic mass is 16.3.